The summed E-state index contributed by atoms with van der Waals surface area (Å²) >= 11 is 9.54. The molecule has 0 radical (unpaired) electrons. The molecule has 19 heavy (non-hydrogen) atoms. The summed E-state index contributed by atoms with van der Waals surface area (Å²) in [7, 11) is 1.66. The Morgan fingerprint density at radius 1 is 1.21 bits per heavy atom. The lowest BCUT2D eigenvalue weighted by molar-refractivity contribution is 0.411. The van der Waals surface area contributed by atoms with Gasteiger partial charge < -0.3 is 10.5 Å². The Bertz CT molecular complexity index is 601. The van der Waals surface area contributed by atoms with Crippen LogP contribution in [0.25, 0.3) is 0 Å². The van der Waals surface area contributed by atoms with Gasteiger partial charge in [-0.3, -0.25) is 0 Å². The highest BCUT2D eigenvalue weighted by Crippen LogP contribution is 2.31. The topological polar surface area (TPSA) is 35.2 Å². The SMILES string of the molecule is COc1ccc(C(N)c2cc(Cl)ccc2Br)cc1C. The van der Waals surface area contributed by atoms with Crippen molar-refractivity contribution in [1.82, 2.24) is 0 Å². The number of nitrogens with two attached hydrogens (primary N) is 1. The largest absolute Gasteiger partial charge is 0.496 e. The van der Waals surface area contributed by atoms with Gasteiger partial charge >= 0.3 is 0 Å². The molecule has 0 aliphatic heterocycles. The van der Waals surface area contributed by atoms with Crippen molar-refractivity contribution in [1.29, 1.82) is 0 Å². The van der Waals surface area contributed by atoms with E-state index in [4.69, 9.17) is 22.1 Å². The maximum atomic E-state index is 6.32. The van der Waals surface area contributed by atoms with E-state index < -0.39 is 0 Å². The molecule has 2 aromatic carbocycles. The molecule has 1 unspecified atom stereocenters. The van der Waals surface area contributed by atoms with E-state index in [2.05, 4.69) is 15.9 Å². The highest BCUT2D eigenvalue weighted by Gasteiger charge is 2.14. The van der Waals surface area contributed by atoms with Gasteiger partial charge in [-0.05, 0) is 47.9 Å². The zero-order valence-electron chi connectivity index (χ0n) is 10.8. The van der Waals surface area contributed by atoms with Crippen molar-refractivity contribution in [3.05, 3.63) is 62.6 Å². The summed E-state index contributed by atoms with van der Waals surface area (Å²) in [4.78, 5) is 0. The Morgan fingerprint density at radius 2 is 1.95 bits per heavy atom. The molecule has 0 aliphatic rings. The van der Waals surface area contributed by atoms with Crippen LogP contribution in [0.4, 0.5) is 0 Å². The van der Waals surface area contributed by atoms with Gasteiger partial charge in [0.25, 0.3) is 0 Å². The fourth-order valence-electron chi connectivity index (χ4n) is 2.03. The smallest absolute Gasteiger partial charge is 0.121 e. The van der Waals surface area contributed by atoms with E-state index in [1.54, 1.807) is 7.11 Å². The number of benzene rings is 2. The van der Waals surface area contributed by atoms with Crippen LogP contribution in [-0.2, 0) is 0 Å². The minimum Gasteiger partial charge on any atom is -0.496 e. The lowest BCUT2D eigenvalue weighted by Crippen LogP contribution is -2.12. The maximum absolute atomic E-state index is 6.32. The fraction of sp³-hybridized carbons (Fsp3) is 0.200. The predicted molar refractivity (Wildman–Crippen MR) is 82.9 cm³/mol. The molecular weight excluding hydrogens is 326 g/mol. The highest BCUT2D eigenvalue weighted by atomic mass is 79.9. The second-order valence-electron chi connectivity index (χ2n) is 4.37. The normalized spacial score (nSPS) is 12.3. The second kappa shape index (κ2) is 5.95. The Kier molecular flexibility index (Phi) is 4.50. The third-order valence-corrected chi connectivity index (χ3v) is 4.03. The quantitative estimate of drug-likeness (QED) is 0.895. The molecule has 0 saturated carbocycles. The van der Waals surface area contributed by atoms with Crippen molar-refractivity contribution < 1.29 is 4.74 Å². The molecule has 0 spiro atoms. The van der Waals surface area contributed by atoms with Crippen LogP contribution in [0.5, 0.6) is 5.75 Å². The Labute approximate surface area is 126 Å². The average Bonchev–Trinajstić information content (AvgIpc) is 2.40. The minimum atomic E-state index is -0.224. The van der Waals surface area contributed by atoms with E-state index in [9.17, 15) is 0 Å². The molecule has 2 nitrogen and oxygen atoms in total. The molecule has 4 heteroatoms. The summed E-state index contributed by atoms with van der Waals surface area (Å²) in [5.41, 5.74) is 9.38. The van der Waals surface area contributed by atoms with Crippen LogP contribution in [-0.4, -0.2) is 7.11 Å². The first-order chi connectivity index (χ1) is 9.02. The molecule has 2 aromatic rings. The molecule has 1 atom stereocenters. The van der Waals surface area contributed by atoms with Crippen molar-refractivity contribution >= 4 is 27.5 Å². The van der Waals surface area contributed by atoms with E-state index in [0.29, 0.717) is 5.02 Å². The minimum absolute atomic E-state index is 0.224. The van der Waals surface area contributed by atoms with Gasteiger partial charge in [0.15, 0.2) is 0 Å². The summed E-state index contributed by atoms with van der Waals surface area (Å²) in [6.45, 7) is 2.00. The van der Waals surface area contributed by atoms with Crippen LogP contribution in [0.3, 0.4) is 0 Å². The lowest BCUT2D eigenvalue weighted by atomic mass is 9.98. The van der Waals surface area contributed by atoms with Crippen molar-refractivity contribution in [2.24, 2.45) is 5.73 Å². The molecule has 0 heterocycles. The number of hydrogen-bond donors (Lipinski definition) is 1. The first kappa shape index (κ1) is 14.4. The summed E-state index contributed by atoms with van der Waals surface area (Å²) < 4.78 is 6.21. The summed E-state index contributed by atoms with van der Waals surface area (Å²) in [5.74, 6) is 0.862. The fourth-order valence-corrected chi connectivity index (χ4v) is 2.70. The van der Waals surface area contributed by atoms with Crippen molar-refractivity contribution in [3.8, 4) is 5.75 Å². The number of rotatable bonds is 3. The van der Waals surface area contributed by atoms with Crippen LogP contribution >= 0.6 is 27.5 Å². The maximum Gasteiger partial charge on any atom is 0.121 e. The number of halogens is 2. The summed E-state index contributed by atoms with van der Waals surface area (Å²) in [6.07, 6.45) is 0. The molecule has 2 N–H and O–H groups in total. The lowest BCUT2D eigenvalue weighted by Gasteiger charge is -2.16. The Hall–Kier alpha value is -1.03. The first-order valence-corrected chi connectivity index (χ1v) is 7.05. The Balaban J connectivity index is 2.41. The summed E-state index contributed by atoms with van der Waals surface area (Å²) in [6, 6.07) is 11.4. The van der Waals surface area contributed by atoms with E-state index in [1.165, 1.54) is 0 Å². The number of aryl methyl sites for hydroxylation is 1. The van der Waals surface area contributed by atoms with Crippen LogP contribution in [0.15, 0.2) is 40.9 Å². The highest BCUT2D eigenvalue weighted by molar-refractivity contribution is 9.10. The van der Waals surface area contributed by atoms with E-state index in [-0.39, 0.29) is 6.04 Å². The zero-order valence-corrected chi connectivity index (χ0v) is 13.1. The molecule has 0 saturated heterocycles. The molecule has 2 rings (SSSR count). The van der Waals surface area contributed by atoms with Gasteiger partial charge in [-0.25, -0.2) is 0 Å². The van der Waals surface area contributed by atoms with Gasteiger partial charge in [-0.15, -0.1) is 0 Å². The van der Waals surface area contributed by atoms with Crippen LogP contribution < -0.4 is 10.5 Å². The van der Waals surface area contributed by atoms with Crippen LogP contribution in [0.1, 0.15) is 22.7 Å². The molecule has 0 aliphatic carbocycles. The third-order valence-electron chi connectivity index (χ3n) is 3.07. The van der Waals surface area contributed by atoms with E-state index in [1.807, 2.05) is 43.3 Å². The molecule has 0 aromatic heterocycles. The number of methoxy groups -OCH3 is 1. The zero-order chi connectivity index (χ0) is 14.0. The number of ether oxygens (including phenoxy) is 1. The third kappa shape index (κ3) is 3.11. The first-order valence-electron chi connectivity index (χ1n) is 5.88. The van der Waals surface area contributed by atoms with Crippen LogP contribution in [0.2, 0.25) is 5.02 Å². The second-order valence-corrected chi connectivity index (χ2v) is 5.66. The van der Waals surface area contributed by atoms with Crippen molar-refractivity contribution in [3.63, 3.8) is 0 Å². The predicted octanol–water partition coefficient (Wildman–Crippen LogP) is 4.47. The van der Waals surface area contributed by atoms with Gasteiger partial charge in [0.1, 0.15) is 5.75 Å². The van der Waals surface area contributed by atoms with Gasteiger partial charge in [0, 0.05) is 9.50 Å². The molecule has 0 fully saturated rings. The molecule has 0 bridgehead atoms. The van der Waals surface area contributed by atoms with E-state index >= 15 is 0 Å². The number of hydrogen-bond acceptors (Lipinski definition) is 2. The van der Waals surface area contributed by atoms with Gasteiger partial charge in [-0.2, -0.15) is 0 Å². The van der Waals surface area contributed by atoms with Crippen LogP contribution in [0, 0.1) is 6.92 Å². The average molecular weight is 341 g/mol. The molecule has 0 amide bonds. The van der Waals surface area contributed by atoms with Gasteiger partial charge in [0.05, 0.1) is 13.2 Å². The monoisotopic (exact) mass is 339 g/mol. The standard InChI is InChI=1S/C15H15BrClNO/c1-9-7-10(3-6-14(9)19-2)15(18)12-8-11(17)4-5-13(12)16/h3-8,15H,18H2,1-2H3. The Morgan fingerprint density at radius 3 is 2.58 bits per heavy atom. The van der Waals surface area contributed by atoms with E-state index in [0.717, 1.165) is 26.9 Å². The summed E-state index contributed by atoms with van der Waals surface area (Å²) in [5, 5.41) is 0.680. The van der Waals surface area contributed by atoms with Crippen molar-refractivity contribution in [2.75, 3.05) is 7.11 Å². The van der Waals surface area contributed by atoms with Crippen molar-refractivity contribution in [2.45, 2.75) is 13.0 Å². The van der Waals surface area contributed by atoms with Gasteiger partial charge in [0.2, 0.25) is 0 Å². The molecule has 100 valence electrons. The van der Waals surface area contributed by atoms with Gasteiger partial charge in [-0.1, -0.05) is 39.7 Å². The molecular formula is C15H15BrClNO.